The SMILES string of the molecule is COc1ccc(NC(=O)c2cc3cc(Cl)ccc3[nH]2)cn1. The number of nitrogens with one attached hydrogen (secondary N) is 2. The Balaban J connectivity index is 1.82. The molecule has 106 valence electrons. The Hall–Kier alpha value is -2.53. The van der Waals surface area contributed by atoms with E-state index < -0.39 is 0 Å². The van der Waals surface area contributed by atoms with Crippen LogP contribution in [-0.4, -0.2) is 23.0 Å². The average molecular weight is 302 g/mol. The maximum atomic E-state index is 12.2. The van der Waals surface area contributed by atoms with E-state index in [1.807, 2.05) is 6.07 Å². The number of aromatic nitrogens is 2. The van der Waals surface area contributed by atoms with Gasteiger partial charge in [0.15, 0.2) is 0 Å². The molecule has 0 aliphatic heterocycles. The second-order valence-electron chi connectivity index (χ2n) is 4.46. The van der Waals surface area contributed by atoms with Crippen molar-refractivity contribution in [2.24, 2.45) is 0 Å². The number of H-pyrrole nitrogens is 1. The highest BCUT2D eigenvalue weighted by atomic mass is 35.5. The van der Waals surface area contributed by atoms with E-state index in [0.717, 1.165) is 10.9 Å². The smallest absolute Gasteiger partial charge is 0.272 e. The number of methoxy groups -OCH3 is 1. The predicted molar refractivity (Wildman–Crippen MR) is 82.1 cm³/mol. The van der Waals surface area contributed by atoms with Gasteiger partial charge in [0.25, 0.3) is 5.91 Å². The quantitative estimate of drug-likeness (QED) is 0.778. The van der Waals surface area contributed by atoms with Crippen molar-refractivity contribution in [2.75, 3.05) is 12.4 Å². The Labute approximate surface area is 125 Å². The summed E-state index contributed by atoms with van der Waals surface area (Å²) >= 11 is 5.93. The van der Waals surface area contributed by atoms with E-state index in [-0.39, 0.29) is 5.91 Å². The van der Waals surface area contributed by atoms with Crippen molar-refractivity contribution in [3.8, 4) is 5.88 Å². The molecule has 1 amide bonds. The number of anilines is 1. The number of benzene rings is 1. The second kappa shape index (κ2) is 5.46. The number of amides is 1. The van der Waals surface area contributed by atoms with Crippen molar-refractivity contribution in [2.45, 2.75) is 0 Å². The van der Waals surface area contributed by atoms with Crippen LogP contribution in [0, 0.1) is 0 Å². The van der Waals surface area contributed by atoms with Gasteiger partial charge >= 0.3 is 0 Å². The average Bonchev–Trinajstić information content (AvgIpc) is 2.91. The first-order valence-electron chi connectivity index (χ1n) is 6.25. The van der Waals surface area contributed by atoms with Gasteiger partial charge in [-0.05, 0) is 30.3 Å². The van der Waals surface area contributed by atoms with Crippen molar-refractivity contribution in [3.63, 3.8) is 0 Å². The summed E-state index contributed by atoms with van der Waals surface area (Å²) in [5.41, 5.74) is 1.91. The zero-order valence-electron chi connectivity index (χ0n) is 11.2. The highest BCUT2D eigenvalue weighted by Crippen LogP contribution is 2.21. The summed E-state index contributed by atoms with van der Waals surface area (Å²) in [5.74, 6) is 0.252. The Morgan fingerprint density at radius 2 is 2.14 bits per heavy atom. The Morgan fingerprint density at radius 3 is 2.86 bits per heavy atom. The fraction of sp³-hybridized carbons (Fsp3) is 0.0667. The summed E-state index contributed by atoms with van der Waals surface area (Å²) in [6.07, 6.45) is 1.54. The minimum absolute atomic E-state index is 0.241. The molecule has 0 atom stereocenters. The lowest BCUT2D eigenvalue weighted by atomic mass is 10.2. The zero-order chi connectivity index (χ0) is 14.8. The van der Waals surface area contributed by atoms with Gasteiger partial charge in [0.05, 0.1) is 19.0 Å². The summed E-state index contributed by atoms with van der Waals surface area (Å²) in [6.45, 7) is 0. The molecule has 6 heteroatoms. The molecule has 3 aromatic rings. The largest absolute Gasteiger partial charge is 0.481 e. The molecule has 0 aliphatic carbocycles. The van der Waals surface area contributed by atoms with Crippen molar-refractivity contribution >= 4 is 34.1 Å². The fourth-order valence-corrected chi connectivity index (χ4v) is 2.18. The number of halogens is 1. The Kier molecular flexibility index (Phi) is 3.50. The van der Waals surface area contributed by atoms with Crippen LogP contribution in [0.25, 0.3) is 10.9 Å². The zero-order valence-corrected chi connectivity index (χ0v) is 11.9. The summed E-state index contributed by atoms with van der Waals surface area (Å²) < 4.78 is 4.97. The standard InChI is InChI=1S/C15H12ClN3O2/c1-21-14-5-3-11(8-17-14)18-15(20)13-7-9-6-10(16)2-4-12(9)19-13/h2-8,19H,1H3,(H,18,20). The van der Waals surface area contributed by atoms with Crippen LogP contribution in [0.4, 0.5) is 5.69 Å². The number of fused-ring (bicyclic) bond motifs is 1. The van der Waals surface area contributed by atoms with Crippen LogP contribution < -0.4 is 10.1 Å². The van der Waals surface area contributed by atoms with Crippen molar-refractivity contribution < 1.29 is 9.53 Å². The van der Waals surface area contributed by atoms with Gasteiger partial charge in [-0.25, -0.2) is 4.98 Å². The first-order chi connectivity index (χ1) is 10.2. The van der Waals surface area contributed by atoms with E-state index in [1.165, 1.54) is 13.3 Å². The molecule has 1 aromatic carbocycles. The van der Waals surface area contributed by atoms with Crippen LogP contribution in [0.2, 0.25) is 5.02 Å². The molecule has 0 bridgehead atoms. The third-order valence-corrected chi connectivity index (χ3v) is 3.27. The highest BCUT2D eigenvalue weighted by molar-refractivity contribution is 6.31. The molecule has 0 unspecified atom stereocenters. The highest BCUT2D eigenvalue weighted by Gasteiger charge is 2.10. The molecular formula is C15H12ClN3O2. The van der Waals surface area contributed by atoms with Crippen LogP contribution in [0.3, 0.4) is 0 Å². The number of pyridine rings is 1. The van der Waals surface area contributed by atoms with E-state index in [9.17, 15) is 4.79 Å². The summed E-state index contributed by atoms with van der Waals surface area (Å²) in [5, 5.41) is 4.29. The molecule has 5 nitrogen and oxygen atoms in total. The maximum absolute atomic E-state index is 12.2. The van der Waals surface area contributed by atoms with E-state index in [0.29, 0.717) is 22.3 Å². The van der Waals surface area contributed by atoms with Crippen LogP contribution in [-0.2, 0) is 0 Å². The van der Waals surface area contributed by atoms with Crippen LogP contribution in [0.1, 0.15) is 10.5 Å². The molecule has 3 rings (SSSR count). The lowest BCUT2D eigenvalue weighted by molar-refractivity contribution is 0.102. The summed E-state index contributed by atoms with van der Waals surface area (Å²) in [4.78, 5) is 19.3. The van der Waals surface area contributed by atoms with Crippen molar-refractivity contribution in [1.82, 2.24) is 9.97 Å². The Morgan fingerprint density at radius 1 is 1.29 bits per heavy atom. The molecule has 0 aliphatic rings. The lowest BCUT2D eigenvalue weighted by Gasteiger charge is -2.04. The van der Waals surface area contributed by atoms with Gasteiger partial charge in [-0.3, -0.25) is 4.79 Å². The van der Waals surface area contributed by atoms with Gasteiger partial charge in [0.1, 0.15) is 5.69 Å². The van der Waals surface area contributed by atoms with Gasteiger partial charge < -0.3 is 15.0 Å². The summed E-state index contributed by atoms with van der Waals surface area (Å²) in [6, 6.07) is 10.6. The number of rotatable bonds is 3. The van der Waals surface area contributed by atoms with E-state index in [1.54, 1.807) is 30.3 Å². The number of carbonyl (C=O) groups is 1. The van der Waals surface area contributed by atoms with Gasteiger partial charge in [0, 0.05) is 22.0 Å². The maximum Gasteiger partial charge on any atom is 0.272 e. The molecule has 21 heavy (non-hydrogen) atoms. The van der Waals surface area contributed by atoms with Crippen molar-refractivity contribution in [1.29, 1.82) is 0 Å². The number of carbonyl (C=O) groups excluding carboxylic acids is 1. The fourth-order valence-electron chi connectivity index (χ4n) is 2.00. The van der Waals surface area contributed by atoms with Crippen LogP contribution in [0.5, 0.6) is 5.88 Å². The lowest BCUT2D eigenvalue weighted by Crippen LogP contribution is -2.12. The number of aromatic amines is 1. The summed E-state index contributed by atoms with van der Waals surface area (Å²) in [7, 11) is 1.54. The minimum atomic E-state index is -0.241. The van der Waals surface area contributed by atoms with Gasteiger partial charge in [0.2, 0.25) is 5.88 Å². The predicted octanol–water partition coefficient (Wildman–Crippen LogP) is 3.48. The molecule has 0 radical (unpaired) electrons. The molecule has 2 N–H and O–H groups in total. The van der Waals surface area contributed by atoms with Crippen molar-refractivity contribution in [3.05, 3.63) is 53.3 Å². The molecule has 0 fully saturated rings. The number of nitrogens with zero attached hydrogens (tertiary/aromatic N) is 1. The van der Waals surface area contributed by atoms with Gasteiger partial charge in [-0.2, -0.15) is 0 Å². The first-order valence-corrected chi connectivity index (χ1v) is 6.63. The molecule has 2 heterocycles. The molecule has 2 aromatic heterocycles. The molecule has 0 saturated carbocycles. The van der Waals surface area contributed by atoms with Crippen LogP contribution >= 0.6 is 11.6 Å². The number of hydrogen-bond donors (Lipinski definition) is 2. The number of hydrogen-bond acceptors (Lipinski definition) is 3. The molecule has 0 saturated heterocycles. The van der Waals surface area contributed by atoms with E-state index in [2.05, 4.69) is 15.3 Å². The second-order valence-corrected chi connectivity index (χ2v) is 4.89. The van der Waals surface area contributed by atoms with Gasteiger partial charge in [-0.1, -0.05) is 11.6 Å². The normalized spacial score (nSPS) is 10.6. The molecular weight excluding hydrogens is 290 g/mol. The Bertz CT molecular complexity index is 796. The topological polar surface area (TPSA) is 67.0 Å². The molecule has 0 spiro atoms. The first kappa shape index (κ1) is 13.5. The third-order valence-electron chi connectivity index (χ3n) is 3.03. The monoisotopic (exact) mass is 301 g/mol. The van der Waals surface area contributed by atoms with Crippen LogP contribution in [0.15, 0.2) is 42.6 Å². The van der Waals surface area contributed by atoms with Gasteiger partial charge in [-0.15, -0.1) is 0 Å². The third kappa shape index (κ3) is 2.83. The van der Waals surface area contributed by atoms with E-state index >= 15 is 0 Å². The minimum Gasteiger partial charge on any atom is -0.481 e. The number of ether oxygens (including phenoxy) is 1. The van der Waals surface area contributed by atoms with E-state index in [4.69, 9.17) is 16.3 Å².